The number of esters is 2. The topological polar surface area (TPSA) is 52.6 Å². The molecule has 0 radical (unpaired) electrons. The van der Waals surface area contributed by atoms with E-state index in [1.807, 2.05) is 52.0 Å². The third-order valence-electron chi connectivity index (χ3n) is 2.95. The monoisotopic (exact) mass is 324 g/mol. The average Bonchev–Trinajstić information content (AvgIpc) is 2.45. The van der Waals surface area contributed by atoms with Gasteiger partial charge >= 0.3 is 11.9 Å². The summed E-state index contributed by atoms with van der Waals surface area (Å²) >= 11 is 1.39. The van der Waals surface area contributed by atoms with Gasteiger partial charge in [-0.05, 0) is 38.8 Å². The van der Waals surface area contributed by atoms with Crippen molar-refractivity contribution in [2.75, 3.05) is 12.9 Å². The van der Waals surface area contributed by atoms with Crippen molar-refractivity contribution in [2.45, 2.75) is 50.5 Å². The van der Waals surface area contributed by atoms with Crippen LogP contribution < -0.4 is 0 Å². The standard InChI is InChI=1S/C17H24O4S/c1-6-12(16(19)20-5)13-9-7-8-10-14(13)22-11-15(18)21-17(2,3)4/h7-10,12H,6,11H2,1-5H3. The van der Waals surface area contributed by atoms with Crippen LogP contribution in [0.2, 0.25) is 0 Å². The number of methoxy groups -OCH3 is 1. The van der Waals surface area contributed by atoms with Gasteiger partial charge in [0, 0.05) is 4.90 Å². The molecule has 0 spiro atoms. The number of hydrogen-bond donors (Lipinski definition) is 0. The molecule has 0 bridgehead atoms. The van der Waals surface area contributed by atoms with Crippen LogP contribution in [0.5, 0.6) is 0 Å². The second kappa shape index (κ2) is 8.22. The van der Waals surface area contributed by atoms with Gasteiger partial charge in [0.05, 0.1) is 18.8 Å². The first-order valence-corrected chi connectivity index (χ1v) is 8.28. The molecule has 4 nitrogen and oxygen atoms in total. The second-order valence-corrected chi connectivity index (χ2v) is 6.91. The van der Waals surface area contributed by atoms with Crippen LogP contribution in [-0.4, -0.2) is 30.4 Å². The lowest BCUT2D eigenvalue weighted by Gasteiger charge is -2.20. The molecule has 0 amide bonds. The van der Waals surface area contributed by atoms with Crippen molar-refractivity contribution in [3.63, 3.8) is 0 Å². The van der Waals surface area contributed by atoms with Crippen molar-refractivity contribution in [1.29, 1.82) is 0 Å². The highest BCUT2D eigenvalue weighted by Crippen LogP contribution is 2.31. The van der Waals surface area contributed by atoms with Gasteiger partial charge in [-0.15, -0.1) is 11.8 Å². The maximum absolute atomic E-state index is 11.9. The maximum atomic E-state index is 11.9. The van der Waals surface area contributed by atoms with Crippen LogP contribution in [0.3, 0.4) is 0 Å². The first-order chi connectivity index (χ1) is 10.3. The van der Waals surface area contributed by atoms with Crippen molar-refractivity contribution in [2.24, 2.45) is 0 Å². The Morgan fingerprint density at radius 2 is 1.86 bits per heavy atom. The zero-order valence-electron chi connectivity index (χ0n) is 13.8. The summed E-state index contributed by atoms with van der Waals surface area (Å²) in [6.45, 7) is 7.46. The Hall–Kier alpha value is -1.49. The van der Waals surface area contributed by atoms with Gasteiger partial charge in [0.15, 0.2) is 0 Å². The second-order valence-electron chi connectivity index (χ2n) is 5.90. The summed E-state index contributed by atoms with van der Waals surface area (Å²) < 4.78 is 10.2. The first kappa shape index (κ1) is 18.6. The van der Waals surface area contributed by atoms with E-state index in [0.717, 1.165) is 10.5 Å². The summed E-state index contributed by atoms with van der Waals surface area (Å²) in [5, 5.41) is 0. The van der Waals surface area contributed by atoms with Crippen LogP contribution in [0.1, 0.15) is 45.6 Å². The fourth-order valence-corrected chi connectivity index (χ4v) is 2.95. The minimum absolute atomic E-state index is 0.214. The van der Waals surface area contributed by atoms with Gasteiger partial charge in [-0.3, -0.25) is 9.59 Å². The summed E-state index contributed by atoms with van der Waals surface area (Å²) in [4.78, 5) is 24.6. The van der Waals surface area contributed by atoms with Crippen molar-refractivity contribution >= 4 is 23.7 Å². The molecule has 1 atom stereocenters. The van der Waals surface area contributed by atoms with E-state index in [1.54, 1.807) is 0 Å². The molecule has 122 valence electrons. The van der Waals surface area contributed by atoms with Gasteiger partial charge in [-0.2, -0.15) is 0 Å². The molecule has 0 aliphatic rings. The Bertz CT molecular complexity index is 520. The smallest absolute Gasteiger partial charge is 0.316 e. The lowest BCUT2D eigenvalue weighted by atomic mass is 9.97. The van der Waals surface area contributed by atoms with Gasteiger partial charge in [0.2, 0.25) is 0 Å². The Kier molecular flexibility index (Phi) is 6.94. The van der Waals surface area contributed by atoms with Crippen molar-refractivity contribution < 1.29 is 19.1 Å². The Labute approximate surface area is 136 Å². The minimum Gasteiger partial charge on any atom is -0.469 e. The van der Waals surface area contributed by atoms with Crippen molar-refractivity contribution in [1.82, 2.24) is 0 Å². The molecule has 0 saturated heterocycles. The number of thioether (sulfide) groups is 1. The number of hydrogen-bond acceptors (Lipinski definition) is 5. The van der Waals surface area contributed by atoms with Crippen LogP contribution in [0.4, 0.5) is 0 Å². The first-order valence-electron chi connectivity index (χ1n) is 7.30. The molecule has 0 aliphatic carbocycles. The van der Waals surface area contributed by atoms with E-state index in [0.29, 0.717) is 6.42 Å². The third-order valence-corrected chi connectivity index (χ3v) is 4.02. The number of carbonyl (C=O) groups excluding carboxylic acids is 2. The third kappa shape index (κ3) is 5.72. The molecule has 1 aromatic rings. The van der Waals surface area contributed by atoms with Gasteiger partial charge in [0.1, 0.15) is 5.60 Å². The normalized spacial score (nSPS) is 12.6. The van der Waals surface area contributed by atoms with Crippen LogP contribution in [0.15, 0.2) is 29.2 Å². The molecule has 0 aliphatic heterocycles. The van der Waals surface area contributed by atoms with E-state index in [1.165, 1.54) is 18.9 Å². The van der Waals surface area contributed by atoms with Gasteiger partial charge in [0.25, 0.3) is 0 Å². The fraction of sp³-hybridized carbons (Fsp3) is 0.529. The quantitative estimate of drug-likeness (QED) is 0.588. The molecule has 0 N–H and O–H groups in total. The Balaban J connectivity index is 2.84. The summed E-state index contributed by atoms with van der Waals surface area (Å²) in [7, 11) is 1.39. The van der Waals surface area contributed by atoms with Crippen LogP contribution in [0.25, 0.3) is 0 Å². The molecule has 5 heteroatoms. The van der Waals surface area contributed by atoms with E-state index in [-0.39, 0.29) is 23.6 Å². The van der Waals surface area contributed by atoms with E-state index >= 15 is 0 Å². The highest BCUT2D eigenvalue weighted by molar-refractivity contribution is 8.00. The molecule has 1 aromatic carbocycles. The molecule has 0 saturated carbocycles. The maximum Gasteiger partial charge on any atom is 0.316 e. The molecular formula is C17H24O4S. The van der Waals surface area contributed by atoms with Crippen LogP contribution >= 0.6 is 11.8 Å². The number of rotatable bonds is 6. The van der Waals surface area contributed by atoms with E-state index in [2.05, 4.69) is 0 Å². The molecular weight excluding hydrogens is 300 g/mol. The lowest BCUT2D eigenvalue weighted by molar-refractivity contribution is -0.151. The van der Waals surface area contributed by atoms with Crippen molar-refractivity contribution in [3.05, 3.63) is 29.8 Å². The molecule has 0 fully saturated rings. The van der Waals surface area contributed by atoms with Gasteiger partial charge in [-0.1, -0.05) is 25.1 Å². The summed E-state index contributed by atoms with van der Waals surface area (Å²) in [6.07, 6.45) is 0.649. The lowest BCUT2D eigenvalue weighted by Crippen LogP contribution is -2.25. The summed E-state index contributed by atoms with van der Waals surface area (Å²) in [5.41, 5.74) is 0.403. The highest BCUT2D eigenvalue weighted by Gasteiger charge is 2.23. The number of benzene rings is 1. The number of carbonyl (C=O) groups is 2. The average molecular weight is 324 g/mol. The predicted octanol–water partition coefficient (Wildman–Crippen LogP) is 3.79. The van der Waals surface area contributed by atoms with E-state index in [4.69, 9.17) is 9.47 Å². The van der Waals surface area contributed by atoms with Crippen LogP contribution in [-0.2, 0) is 19.1 Å². The SMILES string of the molecule is CCC(C(=O)OC)c1ccccc1SCC(=O)OC(C)(C)C. The Morgan fingerprint density at radius 3 is 2.41 bits per heavy atom. The van der Waals surface area contributed by atoms with Crippen LogP contribution in [0, 0.1) is 0 Å². The zero-order chi connectivity index (χ0) is 16.8. The zero-order valence-corrected chi connectivity index (χ0v) is 14.7. The van der Waals surface area contributed by atoms with E-state index in [9.17, 15) is 9.59 Å². The van der Waals surface area contributed by atoms with Gasteiger partial charge < -0.3 is 9.47 Å². The van der Waals surface area contributed by atoms with E-state index < -0.39 is 5.60 Å². The summed E-state index contributed by atoms with van der Waals surface area (Å²) in [5.74, 6) is -0.620. The molecule has 0 heterocycles. The van der Waals surface area contributed by atoms with Crippen molar-refractivity contribution in [3.8, 4) is 0 Å². The fourth-order valence-electron chi connectivity index (χ4n) is 2.06. The predicted molar refractivity (Wildman–Crippen MR) is 88.1 cm³/mol. The van der Waals surface area contributed by atoms with Gasteiger partial charge in [-0.25, -0.2) is 0 Å². The minimum atomic E-state index is -0.491. The molecule has 0 aromatic heterocycles. The highest BCUT2D eigenvalue weighted by atomic mass is 32.2. The number of ether oxygens (including phenoxy) is 2. The Morgan fingerprint density at radius 1 is 1.23 bits per heavy atom. The summed E-state index contributed by atoms with van der Waals surface area (Å²) in [6, 6.07) is 7.60. The largest absolute Gasteiger partial charge is 0.469 e. The molecule has 1 rings (SSSR count). The molecule has 22 heavy (non-hydrogen) atoms. The molecule has 1 unspecified atom stereocenters.